The summed E-state index contributed by atoms with van der Waals surface area (Å²) in [6.07, 6.45) is 5.09. The Balaban J connectivity index is 1.80. The molecule has 2 aromatic heterocycles. The smallest absolute Gasteiger partial charge is 0.339 e. The van der Waals surface area contributed by atoms with Crippen LogP contribution in [0.15, 0.2) is 55.0 Å². The SMILES string of the molecule is CCOC(=O)c1cnc2ccc(NCc3ccncc3)cc2c1. The summed E-state index contributed by atoms with van der Waals surface area (Å²) in [4.78, 5) is 20.1. The first-order valence-corrected chi connectivity index (χ1v) is 7.46. The molecule has 3 rings (SSSR count). The van der Waals surface area contributed by atoms with Crippen molar-refractivity contribution in [3.8, 4) is 0 Å². The second-order valence-electron chi connectivity index (χ2n) is 5.06. The van der Waals surface area contributed by atoms with Crippen LogP contribution in [0.4, 0.5) is 5.69 Å². The van der Waals surface area contributed by atoms with Crippen molar-refractivity contribution in [3.05, 3.63) is 66.1 Å². The van der Waals surface area contributed by atoms with Gasteiger partial charge in [-0.2, -0.15) is 0 Å². The van der Waals surface area contributed by atoms with Crippen LogP contribution in [0.25, 0.3) is 10.9 Å². The number of nitrogens with zero attached hydrogens (tertiary/aromatic N) is 2. The molecule has 0 radical (unpaired) electrons. The molecule has 1 N–H and O–H groups in total. The van der Waals surface area contributed by atoms with Crippen LogP contribution < -0.4 is 5.32 Å². The fourth-order valence-corrected chi connectivity index (χ4v) is 2.27. The van der Waals surface area contributed by atoms with Gasteiger partial charge in [-0.05, 0) is 48.9 Å². The van der Waals surface area contributed by atoms with Crippen LogP contribution in [-0.2, 0) is 11.3 Å². The van der Waals surface area contributed by atoms with E-state index < -0.39 is 0 Å². The zero-order valence-corrected chi connectivity index (χ0v) is 12.8. The average Bonchev–Trinajstić information content (AvgIpc) is 2.60. The molecule has 0 unspecified atom stereocenters. The Morgan fingerprint density at radius 3 is 2.78 bits per heavy atom. The molecular weight excluding hydrogens is 290 g/mol. The van der Waals surface area contributed by atoms with Gasteiger partial charge in [-0.3, -0.25) is 9.97 Å². The summed E-state index contributed by atoms with van der Waals surface area (Å²) in [6.45, 7) is 2.84. The third kappa shape index (κ3) is 3.63. The van der Waals surface area contributed by atoms with E-state index >= 15 is 0 Å². The molecule has 0 bridgehead atoms. The number of hydrogen-bond acceptors (Lipinski definition) is 5. The maximum Gasteiger partial charge on any atom is 0.339 e. The number of esters is 1. The molecule has 0 aliphatic carbocycles. The fourth-order valence-electron chi connectivity index (χ4n) is 2.27. The highest BCUT2D eigenvalue weighted by Crippen LogP contribution is 2.19. The molecule has 5 nitrogen and oxygen atoms in total. The van der Waals surface area contributed by atoms with Crippen molar-refractivity contribution >= 4 is 22.6 Å². The van der Waals surface area contributed by atoms with E-state index in [9.17, 15) is 4.79 Å². The number of anilines is 1. The van der Waals surface area contributed by atoms with E-state index in [2.05, 4.69) is 15.3 Å². The summed E-state index contributed by atoms with van der Waals surface area (Å²) in [5, 5.41) is 4.25. The molecular formula is C18H17N3O2. The van der Waals surface area contributed by atoms with E-state index in [0.717, 1.165) is 22.2 Å². The third-order valence-corrected chi connectivity index (χ3v) is 3.44. The zero-order valence-electron chi connectivity index (χ0n) is 12.8. The number of rotatable bonds is 5. The Kier molecular flexibility index (Phi) is 4.47. The molecule has 0 fully saturated rings. The Hall–Kier alpha value is -2.95. The van der Waals surface area contributed by atoms with Gasteiger partial charge >= 0.3 is 5.97 Å². The number of hydrogen-bond donors (Lipinski definition) is 1. The van der Waals surface area contributed by atoms with Crippen molar-refractivity contribution in [2.75, 3.05) is 11.9 Å². The molecule has 3 aromatic rings. The van der Waals surface area contributed by atoms with Gasteiger partial charge in [0.05, 0.1) is 17.7 Å². The highest BCUT2D eigenvalue weighted by Gasteiger charge is 2.08. The van der Waals surface area contributed by atoms with Gasteiger partial charge in [-0.15, -0.1) is 0 Å². The van der Waals surface area contributed by atoms with Crippen molar-refractivity contribution in [3.63, 3.8) is 0 Å². The normalized spacial score (nSPS) is 10.5. The predicted molar refractivity (Wildman–Crippen MR) is 89.3 cm³/mol. The number of pyridine rings is 2. The summed E-state index contributed by atoms with van der Waals surface area (Å²) < 4.78 is 5.01. The van der Waals surface area contributed by atoms with Crippen LogP contribution in [0.1, 0.15) is 22.8 Å². The lowest BCUT2D eigenvalue weighted by atomic mass is 10.1. The van der Waals surface area contributed by atoms with Gasteiger partial charge in [0.1, 0.15) is 0 Å². The van der Waals surface area contributed by atoms with Crippen LogP contribution in [0.5, 0.6) is 0 Å². The number of carbonyl (C=O) groups is 1. The van der Waals surface area contributed by atoms with Gasteiger partial charge in [0.25, 0.3) is 0 Å². The van der Waals surface area contributed by atoms with Crippen molar-refractivity contribution in [2.24, 2.45) is 0 Å². The lowest BCUT2D eigenvalue weighted by Crippen LogP contribution is -2.05. The molecule has 2 heterocycles. The van der Waals surface area contributed by atoms with Crippen LogP contribution in [0, 0.1) is 0 Å². The van der Waals surface area contributed by atoms with Gasteiger partial charge in [-0.1, -0.05) is 0 Å². The lowest BCUT2D eigenvalue weighted by Gasteiger charge is -2.08. The number of nitrogens with one attached hydrogen (secondary N) is 1. The zero-order chi connectivity index (χ0) is 16.1. The predicted octanol–water partition coefficient (Wildman–Crippen LogP) is 3.42. The molecule has 0 amide bonds. The lowest BCUT2D eigenvalue weighted by molar-refractivity contribution is 0.0526. The standard InChI is InChI=1S/C18H17N3O2/c1-2-23-18(22)15-9-14-10-16(3-4-17(14)21-12-15)20-11-13-5-7-19-8-6-13/h3-10,12,20H,2,11H2,1H3. The highest BCUT2D eigenvalue weighted by molar-refractivity contribution is 5.94. The van der Waals surface area contributed by atoms with Gasteiger partial charge in [-0.25, -0.2) is 4.79 Å². The van der Waals surface area contributed by atoms with E-state index in [-0.39, 0.29) is 5.97 Å². The molecule has 5 heteroatoms. The second kappa shape index (κ2) is 6.87. The van der Waals surface area contributed by atoms with Crippen molar-refractivity contribution in [1.29, 1.82) is 0 Å². The Morgan fingerprint density at radius 2 is 2.00 bits per heavy atom. The summed E-state index contributed by atoms with van der Waals surface area (Å²) in [5.41, 5.74) is 3.42. The molecule has 1 aromatic carbocycles. The fraction of sp³-hybridized carbons (Fsp3) is 0.167. The first-order valence-electron chi connectivity index (χ1n) is 7.46. The molecule has 0 saturated heterocycles. The van der Waals surface area contributed by atoms with Crippen LogP contribution in [0.2, 0.25) is 0 Å². The first-order chi connectivity index (χ1) is 11.3. The largest absolute Gasteiger partial charge is 0.462 e. The molecule has 0 aliphatic heterocycles. The minimum Gasteiger partial charge on any atom is -0.462 e. The molecule has 0 saturated carbocycles. The molecule has 23 heavy (non-hydrogen) atoms. The van der Waals surface area contributed by atoms with Crippen LogP contribution in [-0.4, -0.2) is 22.5 Å². The molecule has 0 atom stereocenters. The van der Waals surface area contributed by atoms with E-state index in [1.807, 2.05) is 30.3 Å². The van der Waals surface area contributed by atoms with Gasteiger partial charge < -0.3 is 10.1 Å². The summed E-state index contributed by atoms with van der Waals surface area (Å²) in [6, 6.07) is 11.6. The Labute approximate surface area is 134 Å². The number of fused-ring (bicyclic) bond motifs is 1. The van der Waals surface area contributed by atoms with E-state index in [4.69, 9.17) is 4.74 Å². The number of carbonyl (C=O) groups excluding carboxylic acids is 1. The van der Waals surface area contributed by atoms with E-state index in [0.29, 0.717) is 18.7 Å². The first kappa shape index (κ1) is 15.0. The van der Waals surface area contributed by atoms with Gasteiger partial charge in [0.15, 0.2) is 0 Å². The van der Waals surface area contributed by atoms with Crippen LogP contribution >= 0.6 is 0 Å². The monoisotopic (exact) mass is 307 g/mol. The van der Waals surface area contributed by atoms with Gasteiger partial charge in [0.2, 0.25) is 0 Å². The summed E-state index contributed by atoms with van der Waals surface area (Å²) >= 11 is 0. The molecule has 116 valence electrons. The molecule has 0 spiro atoms. The summed E-state index contributed by atoms with van der Waals surface area (Å²) in [5.74, 6) is -0.350. The minimum absolute atomic E-state index is 0.350. The number of benzene rings is 1. The number of aromatic nitrogens is 2. The quantitative estimate of drug-likeness (QED) is 0.732. The average molecular weight is 307 g/mol. The van der Waals surface area contributed by atoms with Crippen molar-refractivity contribution < 1.29 is 9.53 Å². The Bertz CT molecular complexity index is 819. The van der Waals surface area contributed by atoms with Crippen molar-refractivity contribution in [1.82, 2.24) is 9.97 Å². The summed E-state index contributed by atoms with van der Waals surface area (Å²) in [7, 11) is 0. The van der Waals surface area contributed by atoms with E-state index in [1.54, 1.807) is 31.6 Å². The number of ether oxygens (including phenoxy) is 1. The highest BCUT2D eigenvalue weighted by atomic mass is 16.5. The second-order valence-corrected chi connectivity index (χ2v) is 5.06. The maximum absolute atomic E-state index is 11.8. The van der Waals surface area contributed by atoms with E-state index in [1.165, 1.54) is 0 Å². The van der Waals surface area contributed by atoms with Gasteiger partial charge in [0, 0.05) is 36.2 Å². The third-order valence-electron chi connectivity index (χ3n) is 3.44. The molecule has 0 aliphatic rings. The minimum atomic E-state index is -0.350. The van der Waals surface area contributed by atoms with Crippen molar-refractivity contribution in [2.45, 2.75) is 13.5 Å². The Morgan fingerprint density at radius 1 is 1.17 bits per heavy atom. The topological polar surface area (TPSA) is 64.1 Å². The van der Waals surface area contributed by atoms with Crippen LogP contribution in [0.3, 0.4) is 0 Å². The maximum atomic E-state index is 11.8.